The zero-order chi connectivity index (χ0) is 25.0. The van der Waals surface area contributed by atoms with Crippen molar-refractivity contribution in [1.82, 2.24) is 9.80 Å². The molecule has 0 radical (unpaired) electrons. The zero-order valence-corrected chi connectivity index (χ0v) is 21.5. The molecule has 0 unspecified atom stereocenters. The summed E-state index contributed by atoms with van der Waals surface area (Å²) in [7, 11) is 0.715. The maximum Gasteiger partial charge on any atom is 0.325 e. The average molecular weight is 500 g/mol. The predicted octanol–water partition coefficient (Wildman–Crippen LogP) is 4.65. The highest BCUT2D eigenvalue weighted by molar-refractivity contribution is 7.90. The zero-order valence-electron chi connectivity index (χ0n) is 20.7. The van der Waals surface area contributed by atoms with E-state index in [-0.39, 0.29) is 27.7 Å². The van der Waals surface area contributed by atoms with Crippen molar-refractivity contribution >= 4 is 21.6 Å². The maximum absolute atomic E-state index is 15.1. The molecule has 1 spiro atoms. The van der Waals surface area contributed by atoms with E-state index in [1.165, 1.54) is 22.6 Å². The van der Waals surface area contributed by atoms with Crippen LogP contribution in [0, 0.1) is 11.7 Å². The smallest absolute Gasteiger partial charge is 0.317 e. The minimum absolute atomic E-state index is 0.0776. The van der Waals surface area contributed by atoms with E-state index in [9.17, 15) is 13.2 Å². The predicted molar refractivity (Wildman–Crippen MR) is 135 cm³/mol. The Balaban J connectivity index is 1.47. The summed E-state index contributed by atoms with van der Waals surface area (Å²) < 4.78 is 38.9. The number of halogens is 1. The van der Waals surface area contributed by atoms with Gasteiger partial charge in [0.25, 0.3) is 0 Å². The number of carbonyl (C=O) groups is 1. The van der Waals surface area contributed by atoms with Gasteiger partial charge in [-0.05, 0) is 82.3 Å². The van der Waals surface area contributed by atoms with Crippen molar-refractivity contribution < 1.29 is 17.6 Å². The van der Waals surface area contributed by atoms with Crippen LogP contribution in [0.3, 0.4) is 0 Å². The van der Waals surface area contributed by atoms with Crippen molar-refractivity contribution in [3.63, 3.8) is 0 Å². The van der Waals surface area contributed by atoms with Crippen LogP contribution in [0.2, 0.25) is 0 Å². The maximum atomic E-state index is 15.1. The van der Waals surface area contributed by atoms with Gasteiger partial charge in [-0.2, -0.15) is 0 Å². The van der Waals surface area contributed by atoms with Gasteiger partial charge in [-0.25, -0.2) is 17.6 Å². The quantitative estimate of drug-likeness (QED) is 0.581. The number of carbonyl (C=O) groups excluding carboxylic acids is 1. The molecular weight excluding hydrogens is 465 g/mol. The fraction of sp³-hybridized carbons (Fsp3) is 0.519. The van der Waals surface area contributed by atoms with E-state index >= 15 is 4.39 Å². The summed E-state index contributed by atoms with van der Waals surface area (Å²) in [6, 6.07) is 14.3. The summed E-state index contributed by atoms with van der Waals surface area (Å²) in [4.78, 5) is 19.5. The Morgan fingerprint density at radius 2 is 1.69 bits per heavy atom. The van der Waals surface area contributed by atoms with Crippen LogP contribution in [0.15, 0.2) is 53.4 Å². The molecule has 5 rings (SSSR count). The molecule has 3 fully saturated rings. The highest BCUT2D eigenvalue weighted by atomic mass is 32.2. The number of sulfone groups is 1. The number of urea groups is 1. The van der Waals surface area contributed by atoms with Crippen molar-refractivity contribution in [2.24, 2.45) is 5.92 Å². The Bertz CT molecular complexity index is 1220. The molecule has 0 atom stereocenters. The van der Waals surface area contributed by atoms with E-state index in [2.05, 4.69) is 43.3 Å². The van der Waals surface area contributed by atoms with Crippen molar-refractivity contribution in [2.75, 3.05) is 38.3 Å². The van der Waals surface area contributed by atoms with Crippen LogP contribution < -0.4 is 4.90 Å². The molecule has 1 saturated heterocycles. The van der Waals surface area contributed by atoms with Gasteiger partial charge in [0.1, 0.15) is 5.82 Å². The molecule has 2 aliphatic carbocycles. The average Bonchev–Trinajstić information content (AvgIpc) is 3.61. The van der Waals surface area contributed by atoms with Crippen molar-refractivity contribution in [2.45, 2.75) is 54.5 Å². The van der Waals surface area contributed by atoms with Gasteiger partial charge in [0.05, 0.1) is 22.7 Å². The molecule has 8 heteroatoms. The van der Waals surface area contributed by atoms with Crippen LogP contribution in [0.25, 0.3) is 0 Å². The molecule has 0 bridgehead atoms. The third kappa shape index (κ3) is 4.25. The topological polar surface area (TPSA) is 60.9 Å². The lowest BCUT2D eigenvalue weighted by atomic mass is 9.68. The van der Waals surface area contributed by atoms with Crippen LogP contribution in [0.4, 0.5) is 14.9 Å². The Hall–Kier alpha value is -2.45. The highest BCUT2D eigenvalue weighted by Crippen LogP contribution is 2.50. The second-order valence-corrected chi connectivity index (χ2v) is 12.8. The number of anilines is 1. The number of benzene rings is 2. The molecule has 2 aromatic rings. The molecule has 35 heavy (non-hydrogen) atoms. The Labute approximate surface area is 207 Å². The van der Waals surface area contributed by atoms with Crippen LogP contribution >= 0.6 is 0 Å². The SMILES string of the molecule is CN(C)[C@]1(c2ccccc2)CC[C@]2(CC1)CN(c1ccc(S(C)(=O)=O)cc1F)C(=O)N2CC1CC1. The second kappa shape index (κ2) is 8.59. The normalized spacial score (nSPS) is 27.3. The number of amides is 2. The molecule has 1 heterocycles. The first-order valence-electron chi connectivity index (χ1n) is 12.4. The van der Waals surface area contributed by atoms with Crippen molar-refractivity contribution in [3.05, 3.63) is 59.9 Å². The Morgan fingerprint density at radius 1 is 1.03 bits per heavy atom. The molecule has 188 valence electrons. The van der Waals surface area contributed by atoms with Crippen LogP contribution in [0.1, 0.15) is 44.1 Å². The lowest BCUT2D eigenvalue weighted by Crippen LogP contribution is -2.55. The van der Waals surface area contributed by atoms with Crippen LogP contribution in [0.5, 0.6) is 0 Å². The molecule has 3 aliphatic rings. The molecule has 2 saturated carbocycles. The van der Waals surface area contributed by atoms with E-state index < -0.39 is 15.7 Å². The summed E-state index contributed by atoms with van der Waals surface area (Å²) in [6.07, 6.45) is 6.78. The summed E-state index contributed by atoms with van der Waals surface area (Å²) >= 11 is 0. The Kier molecular flexibility index (Phi) is 5.95. The van der Waals surface area contributed by atoms with E-state index in [1.54, 1.807) is 0 Å². The van der Waals surface area contributed by atoms with Gasteiger partial charge in [0.15, 0.2) is 9.84 Å². The van der Waals surface area contributed by atoms with Gasteiger partial charge < -0.3 is 4.90 Å². The fourth-order valence-corrected chi connectivity index (χ4v) is 6.68. The monoisotopic (exact) mass is 499 g/mol. The third-order valence-electron chi connectivity index (χ3n) is 8.44. The number of hydrogen-bond donors (Lipinski definition) is 0. The van der Waals surface area contributed by atoms with Crippen molar-refractivity contribution in [3.8, 4) is 0 Å². The number of hydrogen-bond acceptors (Lipinski definition) is 4. The molecular formula is C27H34FN3O3S. The van der Waals surface area contributed by atoms with Gasteiger partial charge in [-0.3, -0.25) is 9.80 Å². The Morgan fingerprint density at radius 3 is 2.23 bits per heavy atom. The molecule has 2 aromatic carbocycles. The first kappa shape index (κ1) is 24.3. The summed E-state index contributed by atoms with van der Waals surface area (Å²) in [5.41, 5.74) is 0.997. The second-order valence-electron chi connectivity index (χ2n) is 10.8. The van der Waals surface area contributed by atoms with E-state index in [1.807, 2.05) is 11.0 Å². The van der Waals surface area contributed by atoms with Crippen LogP contribution in [-0.4, -0.2) is 63.2 Å². The standard InChI is InChI=1S/C27H34FN3O3S/c1-29(2)27(21-7-5-4-6-8-21)15-13-26(14-16-27)19-30(25(32)31(26)18-20-9-10-20)24-12-11-22(17-23(24)28)35(3,33)34/h4-8,11-12,17,20H,9-10,13-16,18-19H2,1-3H3/t26-,27+. The molecule has 2 amide bonds. The molecule has 0 N–H and O–H groups in total. The molecule has 0 aromatic heterocycles. The van der Waals surface area contributed by atoms with E-state index in [4.69, 9.17) is 0 Å². The summed E-state index contributed by atoms with van der Waals surface area (Å²) in [6.45, 7) is 1.13. The minimum Gasteiger partial charge on any atom is -0.317 e. The van der Waals surface area contributed by atoms with Gasteiger partial charge in [-0.15, -0.1) is 0 Å². The third-order valence-corrected chi connectivity index (χ3v) is 9.55. The lowest BCUT2D eigenvalue weighted by molar-refractivity contribution is 0.0249. The molecule has 6 nitrogen and oxygen atoms in total. The summed E-state index contributed by atoms with van der Waals surface area (Å²) in [5.74, 6) is -0.157. The minimum atomic E-state index is -3.53. The van der Waals surface area contributed by atoms with Crippen LogP contribution in [-0.2, 0) is 15.4 Å². The number of nitrogens with zero attached hydrogens (tertiary/aromatic N) is 3. The summed E-state index contributed by atoms with van der Waals surface area (Å²) in [5, 5.41) is 0. The van der Waals surface area contributed by atoms with Gasteiger partial charge in [0, 0.05) is 18.3 Å². The van der Waals surface area contributed by atoms with Crippen molar-refractivity contribution in [1.29, 1.82) is 0 Å². The first-order chi connectivity index (χ1) is 16.6. The lowest BCUT2D eigenvalue weighted by Gasteiger charge is -2.51. The van der Waals surface area contributed by atoms with Gasteiger partial charge in [-0.1, -0.05) is 30.3 Å². The fourth-order valence-electron chi connectivity index (χ4n) is 6.05. The van der Waals surface area contributed by atoms with E-state index in [0.29, 0.717) is 19.0 Å². The van der Waals surface area contributed by atoms with E-state index in [0.717, 1.165) is 50.8 Å². The first-order valence-corrected chi connectivity index (χ1v) is 14.3. The number of rotatable bonds is 6. The highest BCUT2D eigenvalue weighted by Gasteiger charge is 2.55. The van der Waals surface area contributed by atoms with Gasteiger partial charge in [0.2, 0.25) is 0 Å². The molecule has 1 aliphatic heterocycles. The van der Waals surface area contributed by atoms with Gasteiger partial charge >= 0.3 is 6.03 Å². The largest absolute Gasteiger partial charge is 0.325 e.